The molecule has 1 aliphatic heterocycles. The summed E-state index contributed by atoms with van der Waals surface area (Å²) in [5, 5.41) is 11.8. The van der Waals surface area contributed by atoms with Crippen molar-refractivity contribution in [2.45, 2.75) is 12.5 Å². The minimum absolute atomic E-state index is 0.0199. The fourth-order valence-electron chi connectivity index (χ4n) is 2.30. The molecule has 2 N–H and O–H groups in total. The number of nitrogens with zero attached hydrogens (tertiary/aromatic N) is 2. The SMILES string of the molecule is O=C1Cc2c(nc(OC(CF)CF)n(-c3ccc(O)cc3)c2=O)N1. The molecule has 0 aliphatic carbocycles. The van der Waals surface area contributed by atoms with Crippen LogP contribution in [0.1, 0.15) is 5.56 Å². The molecule has 0 spiro atoms. The molecule has 24 heavy (non-hydrogen) atoms. The van der Waals surface area contributed by atoms with E-state index in [1.807, 2.05) is 0 Å². The Hall–Kier alpha value is -2.97. The lowest BCUT2D eigenvalue weighted by Crippen LogP contribution is -2.29. The molecule has 0 saturated carbocycles. The van der Waals surface area contributed by atoms with Gasteiger partial charge in [-0.15, -0.1) is 0 Å². The summed E-state index contributed by atoms with van der Waals surface area (Å²) < 4.78 is 31.7. The van der Waals surface area contributed by atoms with Crippen molar-refractivity contribution in [3.05, 3.63) is 40.2 Å². The summed E-state index contributed by atoms with van der Waals surface area (Å²) >= 11 is 0. The van der Waals surface area contributed by atoms with E-state index in [-0.39, 0.29) is 35.2 Å². The van der Waals surface area contributed by atoms with Crippen LogP contribution in [0, 0.1) is 0 Å². The summed E-state index contributed by atoms with van der Waals surface area (Å²) in [6.45, 7) is -2.21. The molecule has 2 aromatic rings. The lowest BCUT2D eigenvalue weighted by Gasteiger charge is -2.17. The van der Waals surface area contributed by atoms with Crippen LogP contribution in [0.4, 0.5) is 14.6 Å². The highest BCUT2D eigenvalue weighted by atomic mass is 19.1. The van der Waals surface area contributed by atoms with Gasteiger partial charge in [0.15, 0.2) is 6.10 Å². The number of ether oxygens (including phenoxy) is 1. The number of hydrogen-bond acceptors (Lipinski definition) is 5. The predicted octanol–water partition coefficient (Wildman–Crippen LogP) is 1.12. The van der Waals surface area contributed by atoms with E-state index in [1.54, 1.807) is 0 Å². The maximum atomic E-state index is 12.8. The van der Waals surface area contributed by atoms with Gasteiger partial charge in [-0.1, -0.05) is 0 Å². The third-order valence-corrected chi connectivity index (χ3v) is 3.47. The van der Waals surface area contributed by atoms with E-state index in [0.717, 1.165) is 4.57 Å². The summed E-state index contributed by atoms with van der Waals surface area (Å²) in [7, 11) is 0. The number of amides is 1. The first-order chi connectivity index (χ1) is 11.5. The number of rotatable bonds is 5. The predicted molar refractivity (Wildman–Crippen MR) is 80.2 cm³/mol. The number of hydrogen-bond donors (Lipinski definition) is 2. The number of fused-ring (bicyclic) bond motifs is 1. The van der Waals surface area contributed by atoms with Gasteiger partial charge >= 0.3 is 6.01 Å². The molecule has 0 saturated heterocycles. The van der Waals surface area contributed by atoms with Crippen LogP contribution in [0.3, 0.4) is 0 Å². The molecule has 0 bridgehead atoms. The Morgan fingerprint density at radius 2 is 1.92 bits per heavy atom. The fourth-order valence-corrected chi connectivity index (χ4v) is 2.30. The summed E-state index contributed by atoms with van der Waals surface area (Å²) in [6, 6.07) is 5.17. The van der Waals surface area contributed by atoms with Crippen molar-refractivity contribution in [3.8, 4) is 17.4 Å². The van der Waals surface area contributed by atoms with Crippen molar-refractivity contribution < 1.29 is 23.4 Å². The van der Waals surface area contributed by atoms with Gasteiger partial charge in [0.1, 0.15) is 24.9 Å². The second-order valence-electron chi connectivity index (χ2n) is 5.15. The second kappa shape index (κ2) is 6.26. The molecule has 126 valence electrons. The van der Waals surface area contributed by atoms with Crippen LogP contribution in [0.5, 0.6) is 11.8 Å². The van der Waals surface area contributed by atoms with Gasteiger partial charge in [-0.2, -0.15) is 4.98 Å². The van der Waals surface area contributed by atoms with Gasteiger partial charge in [0.05, 0.1) is 17.7 Å². The van der Waals surface area contributed by atoms with Crippen LogP contribution in [0.25, 0.3) is 5.69 Å². The third kappa shape index (κ3) is 2.80. The highest BCUT2D eigenvalue weighted by Gasteiger charge is 2.28. The number of aromatic hydroxyl groups is 1. The monoisotopic (exact) mass is 337 g/mol. The highest BCUT2D eigenvalue weighted by Crippen LogP contribution is 2.24. The molecule has 9 heteroatoms. The second-order valence-corrected chi connectivity index (χ2v) is 5.15. The molecule has 3 rings (SSSR count). The zero-order chi connectivity index (χ0) is 17.3. The number of carbonyl (C=O) groups is 1. The Labute approximate surface area is 134 Å². The average Bonchev–Trinajstić information content (AvgIpc) is 2.95. The van der Waals surface area contributed by atoms with E-state index in [2.05, 4.69) is 10.3 Å². The molecule has 1 aromatic carbocycles. The molecule has 7 nitrogen and oxygen atoms in total. The number of carbonyl (C=O) groups excluding carboxylic acids is 1. The highest BCUT2D eigenvalue weighted by molar-refractivity contribution is 5.97. The van der Waals surface area contributed by atoms with Crippen LogP contribution in [-0.4, -0.2) is 40.0 Å². The van der Waals surface area contributed by atoms with Crippen LogP contribution < -0.4 is 15.6 Å². The molecular formula is C15H13F2N3O4. The van der Waals surface area contributed by atoms with Crippen molar-refractivity contribution >= 4 is 11.7 Å². The largest absolute Gasteiger partial charge is 0.508 e. The number of halogens is 2. The van der Waals surface area contributed by atoms with E-state index in [4.69, 9.17) is 4.74 Å². The maximum absolute atomic E-state index is 12.8. The van der Waals surface area contributed by atoms with Crippen molar-refractivity contribution in [3.63, 3.8) is 0 Å². The van der Waals surface area contributed by atoms with Crippen molar-refractivity contribution in [1.82, 2.24) is 9.55 Å². The van der Waals surface area contributed by atoms with Crippen molar-refractivity contribution in [2.75, 3.05) is 18.7 Å². The van der Waals surface area contributed by atoms with E-state index in [9.17, 15) is 23.5 Å². The first kappa shape index (κ1) is 15.9. The number of anilines is 1. The summed E-state index contributed by atoms with van der Waals surface area (Å²) in [4.78, 5) is 28.2. The Kier molecular flexibility index (Phi) is 4.15. The zero-order valence-corrected chi connectivity index (χ0v) is 12.3. The fraction of sp³-hybridized carbons (Fsp3) is 0.267. The number of phenols is 1. The summed E-state index contributed by atoms with van der Waals surface area (Å²) in [5.41, 5.74) is -0.174. The first-order valence-corrected chi connectivity index (χ1v) is 7.07. The quantitative estimate of drug-likeness (QED) is 0.853. The lowest BCUT2D eigenvalue weighted by molar-refractivity contribution is -0.115. The normalized spacial score (nSPS) is 13.0. The number of nitrogens with one attached hydrogen (secondary N) is 1. The number of aromatic nitrogens is 2. The van der Waals surface area contributed by atoms with E-state index < -0.39 is 30.9 Å². The number of phenolic OH excluding ortho intramolecular Hbond substituents is 1. The van der Waals surface area contributed by atoms with E-state index >= 15 is 0 Å². The molecule has 0 radical (unpaired) electrons. The smallest absolute Gasteiger partial charge is 0.306 e. The van der Waals surface area contributed by atoms with Gasteiger partial charge in [0.2, 0.25) is 5.91 Å². The Morgan fingerprint density at radius 1 is 1.25 bits per heavy atom. The van der Waals surface area contributed by atoms with Crippen molar-refractivity contribution in [2.24, 2.45) is 0 Å². The molecule has 0 unspecified atom stereocenters. The van der Waals surface area contributed by atoms with Gasteiger partial charge in [0, 0.05) is 0 Å². The topological polar surface area (TPSA) is 93.4 Å². The molecular weight excluding hydrogens is 324 g/mol. The van der Waals surface area contributed by atoms with E-state index in [1.165, 1.54) is 24.3 Å². The summed E-state index contributed by atoms with van der Waals surface area (Å²) in [5.74, 6) is -0.409. The number of alkyl halides is 2. The minimum Gasteiger partial charge on any atom is -0.508 e. The average molecular weight is 337 g/mol. The van der Waals surface area contributed by atoms with Gasteiger partial charge < -0.3 is 15.2 Å². The van der Waals surface area contributed by atoms with Crippen LogP contribution in [0.15, 0.2) is 29.1 Å². The van der Waals surface area contributed by atoms with Gasteiger partial charge in [0.25, 0.3) is 5.56 Å². The molecule has 2 heterocycles. The van der Waals surface area contributed by atoms with Crippen LogP contribution in [-0.2, 0) is 11.2 Å². The third-order valence-electron chi connectivity index (χ3n) is 3.47. The molecule has 1 aromatic heterocycles. The maximum Gasteiger partial charge on any atom is 0.306 e. The Balaban J connectivity index is 2.17. The van der Waals surface area contributed by atoms with Crippen molar-refractivity contribution in [1.29, 1.82) is 0 Å². The Bertz CT molecular complexity index is 832. The van der Waals surface area contributed by atoms with Gasteiger partial charge in [-0.25, -0.2) is 13.3 Å². The van der Waals surface area contributed by atoms with Crippen LogP contribution >= 0.6 is 0 Å². The summed E-state index contributed by atoms with van der Waals surface area (Å²) in [6.07, 6.45) is -1.56. The standard InChI is InChI=1S/C15H13F2N3O4/c16-6-10(7-17)24-15-19-13-11(5-12(22)18-13)14(23)20(15)8-1-3-9(21)4-2-8/h1-4,10,21H,5-7H2,(H,18,22). The lowest BCUT2D eigenvalue weighted by atomic mass is 10.2. The van der Waals surface area contributed by atoms with Gasteiger partial charge in [-0.3, -0.25) is 9.59 Å². The van der Waals surface area contributed by atoms with Crippen LogP contribution in [0.2, 0.25) is 0 Å². The number of benzene rings is 1. The van der Waals surface area contributed by atoms with Gasteiger partial charge in [-0.05, 0) is 24.3 Å². The minimum atomic E-state index is -1.42. The first-order valence-electron chi connectivity index (χ1n) is 7.07. The molecule has 0 atom stereocenters. The Morgan fingerprint density at radius 3 is 2.54 bits per heavy atom. The zero-order valence-electron chi connectivity index (χ0n) is 12.3. The molecule has 1 aliphatic rings. The molecule has 1 amide bonds. The van der Waals surface area contributed by atoms with E-state index in [0.29, 0.717) is 0 Å². The molecule has 0 fully saturated rings.